The summed E-state index contributed by atoms with van der Waals surface area (Å²) < 4.78 is 2.32. The molecular formula is C21H17N3. The van der Waals surface area contributed by atoms with Gasteiger partial charge in [-0.05, 0) is 54.8 Å². The molecule has 0 N–H and O–H groups in total. The van der Waals surface area contributed by atoms with Crippen LogP contribution in [0.2, 0.25) is 0 Å². The van der Waals surface area contributed by atoms with Crippen LogP contribution in [0.3, 0.4) is 0 Å². The van der Waals surface area contributed by atoms with E-state index in [1.807, 2.05) is 6.20 Å². The molecule has 0 atom stereocenters. The lowest BCUT2D eigenvalue weighted by Gasteiger charge is -2.11. The number of fused-ring (bicyclic) bond motifs is 7. The summed E-state index contributed by atoms with van der Waals surface area (Å²) in [5.41, 5.74) is 7.28. The lowest BCUT2D eigenvalue weighted by molar-refractivity contribution is 1.12. The van der Waals surface area contributed by atoms with E-state index in [4.69, 9.17) is 0 Å². The minimum atomic E-state index is 1.01. The van der Waals surface area contributed by atoms with Gasteiger partial charge in [0, 0.05) is 16.5 Å². The number of aromatic nitrogens is 3. The average Bonchev–Trinajstić information content (AvgIpc) is 2.85. The van der Waals surface area contributed by atoms with Gasteiger partial charge in [0.05, 0.1) is 22.7 Å². The van der Waals surface area contributed by atoms with Crippen LogP contribution in [-0.4, -0.2) is 14.4 Å². The van der Waals surface area contributed by atoms with Crippen molar-refractivity contribution in [2.45, 2.75) is 20.8 Å². The third-order valence-corrected chi connectivity index (χ3v) is 5.35. The van der Waals surface area contributed by atoms with Gasteiger partial charge in [-0.15, -0.1) is 0 Å². The van der Waals surface area contributed by atoms with Gasteiger partial charge < -0.3 is 4.40 Å². The topological polar surface area (TPSA) is 30.2 Å². The molecule has 0 amide bonds. The summed E-state index contributed by atoms with van der Waals surface area (Å²) in [5, 5.41) is 4.95. The summed E-state index contributed by atoms with van der Waals surface area (Å²) in [6.07, 6.45) is 3.57. The maximum atomic E-state index is 4.61. The third kappa shape index (κ3) is 1.56. The largest absolute Gasteiger partial charge is 0.310 e. The van der Waals surface area contributed by atoms with E-state index in [1.165, 1.54) is 43.9 Å². The minimum absolute atomic E-state index is 1.01. The highest BCUT2D eigenvalue weighted by molar-refractivity contribution is 6.16. The molecule has 3 heteroatoms. The van der Waals surface area contributed by atoms with Crippen LogP contribution >= 0.6 is 0 Å². The number of hydrogen-bond acceptors (Lipinski definition) is 2. The van der Waals surface area contributed by atoms with Crippen molar-refractivity contribution in [2.24, 2.45) is 0 Å². The molecule has 0 unspecified atom stereocenters. The fourth-order valence-electron chi connectivity index (χ4n) is 3.90. The molecule has 0 bridgehead atoms. The zero-order chi connectivity index (χ0) is 16.4. The van der Waals surface area contributed by atoms with Gasteiger partial charge in [-0.3, -0.25) is 0 Å². The van der Waals surface area contributed by atoms with Gasteiger partial charge in [0.1, 0.15) is 6.33 Å². The van der Waals surface area contributed by atoms with E-state index in [1.54, 1.807) is 6.33 Å². The second-order valence-corrected chi connectivity index (χ2v) is 6.52. The molecule has 0 saturated heterocycles. The van der Waals surface area contributed by atoms with Gasteiger partial charge in [-0.1, -0.05) is 24.3 Å². The molecule has 0 aliphatic carbocycles. The molecule has 3 aromatic heterocycles. The Labute approximate surface area is 139 Å². The number of benzene rings is 2. The normalized spacial score (nSPS) is 12.0. The summed E-state index contributed by atoms with van der Waals surface area (Å²) >= 11 is 0. The Bertz CT molecular complexity index is 1280. The molecule has 116 valence electrons. The lowest BCUT2D eigenvalue weighted by atomic mass is 10.0. The molecular weight excluding hydrogens is 294 g/mol. The van der Waals surface area contributed by atoms with Gasteiger partial charge >= 0.3 is 0 Å². The fourth-order valence-corrected chi connectivity index (χ4v) is 3.90. The first-order valence-corrected chi connectivity index (χ1v) is 8.19. The van der Waals surface area contributed by atoms with Crippen molar-refractivity contribution in [1.82, 2.24) is 14.4 Å². The van der Waals surface area contributed by atoms with Crippen molar-refractivity contribution in [2.75, 3.05) is 0 Å². The lowest BCUT2D eigenvalue weighted by Crippen LogP contribution is -1.96. The first-order chi connectivity index (χ1) is 11.7. The SMILES string of the molecule is Cc1c(C)c2c3cc4ccccc4cc3c3ncncc3n2c1C. The highest BCUT2D eigenvalue weighted by atomic mass is 15.0. The number of rotatable bonds is 0. The van der Waals surface area contributed by atoms with E-state index in [2.05, 4.69) is 71.5 Å². The van der Waals surface area contributed by atoms with Gasteiger partial charge in [0.15, 0.2) is 0 Å². The Morgan fingerprint density at radius 2 is 1.58 bits per heavy atom. The second kappa shape index (κ2) is 4.54. The van der Waals surface area contributed by atoms with Crippen LogP contribution in [0.4, 0.5) is 0 Å². The Balaban J connectivity index is 2.21. The van der Waals surface area contributed by atoms with Crippen LogP contribution in [0.1, 0.15) is 16.8 Å². The Morgan fingerprint density at radius 3 is 2.33 bits per heavy atom. The Morgan fingerprint density at radius 1 is 0.875 bits per heavy atom. The van der Waals surface area contributed by atoms with Crippen molar-refractivity contribution in [3.8, 4) is 0 Å². The predicted molar refractivity (Wildman–Crippen MR) is 99.7 cm³/mol. The summed E-state index contributed by atoms with van der Waals surface area (Å²) in [7, 11) is 0. The highest BCUT2D eigenvalue weighted by Crippen LogP contribution is 2.36. The monoisotopic (exact) mass is 311 g/mol. The number of nitrogens with zero attached hydrogens (tertiary/aromatic N) is 3. The first kappa shape index (κ1) is 13.5. The molecule has 24 heavy (non-hydrogen) atoms. The van der Waals surface area contributed by atoms with Crippen LogP contribution in [0.25, 0.3) is 38.1 Å². The van der Waals surface area contributed by atoms with Crippen molar-refractivity contribution in [3.63, 3.8) is 0 Å². The third-order valence-electron chi connectivity index (χ3n) is 5.35. The quantitative estimate of drug-likeness (QED) is 0.294. The zero-order valence-electron chi connectivity index (χ0n) is 14.0. The Kier molecular flexibility index (Phi) is 2.55. The molecule has 0 aliphatic heterocycles. The Hall–Kier alpha value is -2.94. The maximum absolute atomic E-state index is 4.61. The standard InChI is InChI=1S/C21H17N3/c1-12-13(2)21-18-9-16-7-5-4-6-15(16)8-17(18)20-19(10-22-11-23-20)24(21)14(12)3/h4-11H,1-3H3. The van der Waals surface area contributed by atoms with Crippen LogP contribution in [0.5, 0.6) is 0 Å². The number of pyridine rings is 1. The maximum Gasteiger partial charge on any atom is 0.116 e. The summed E-state index contributed by atoms with van der Waals surface area (Å²) in [4.78, 5) is 8.89. The van der Waals surface area contributed by atoms with Crippen LogP contribution in [-0.2, 0) is 0 Å². The smallest absolute Gasteiger partial charge is 0.116 e. The van der Waals surface area contributed by atoms with Crippen molar-refractivity contribution < 1.29 is 0 Å². The van der Waals surface area contributed by atoms with Crippen molar-refractivity contribution >= 4 is 38.1 Å². The molecule has 0 aliphatic rings. The molecule has 0 spiro atoms. The average molecular weight is 311 g/mol. The van der Waals surface area contributed by atoms with Gasteiger partial charge in [-0.2, -0.15) is 0 Å². The predicted octanol–water partition coefficient (Wildman–Crippen LogP) is 5.11. The summed E-state index contributed by atoms with van der Waals surface area (Å²) in [6.45, 7) is 6.58. The van der Waals surface area contributed by atoms with E-state index >= 15 is 0 Å². The number of aryl methyl sites for hydroxylation is 2. The molecule has 0 radical (unpaired) electrons. The van der Waals surface area contributed by atoms with Crippen LogP contribution < -0.4 is 0 Å². The van der Waals surface area contributed by atoms with Gasteiger partial charge in [0.2, 0.25) is 0 Å². The van der Waals surface area contributed by atoms with Gasteiger partial charge in [-0.25, -0.2) is 9.97 Å². The molecule has 5 aromatic rings. The van der Waals surface area contributed by atoms with E-state index < -0.39 is 0 Å². The zero-order valence-corrected chi connectivity index (χ0v) is 14.0. The molecule has 5 rings (SSSR count). The summed E-state index contributed by atoms with van der Waals surface area (Å²) in [5.74, 6) is 0. The van der Waals surface area contributed by atoms with Crippen LogP contribution in [0.15, 0.2) is 48.9 Å². The number of hydrogen-bond donors (Lipinski definition) is 0. The van der Waals surface area contributed by atoms with E-state index in [0.717, 1.165) is 11.0 Å². The molecule has 3 nitrogen and oxygen atoms in total. The highest BCUT2D eigenvalue weighted by Gasteiger charge is 2.17. The molecule has 2 aromatic carbocycles. The van der Waals surface area contributed by atoms with Crippen molar-refractivity contribution in [3.05, 3.63) is 65.7 Å². The second-order valence-electron chi connectivity index (χ2n) is 6.52. The summed E-state index contributed by atoms with van der Waals surface area (Å²) in [6, 6.07) is 13.1. The molecule has 3 heterocycles. The first-order valence-electron chi connectivity index (χ1n) is 8.19. The van der Waals surface area contributed by atoms with E-state index in [0.29, 0.717) is 0 Å². The van der Waals surface area contributed by atoms with Crippen molar-refractivity contribution in [1.29, 1.82) is 0 Å². The molecule has 0 saturated carbocycles. The van der Waals surface area contributed by atoms with E-state index in [-0.39, 0.29) is 0 Å². The minimum Gasteiger partial charge on any atom is -0.310 e. The molecule has 0 fully saturated rings. The van der Waals surface area contributed by atoms with E-state index in [9.17, 15) is 0 Å². The van der Waals surface area contributed by atoms with Crippen LogP contribution in [0, 0.1) is 20.8 Å². The fraction of sp³-hybridized carbons (Fsp3) is 0.143. The van der Waals surface area contributed by atoms with Gasteiger partial charge in [0.25, 0.3) is 0 Å².